The van der Waals surface area contributed by atoms with Gasteiger partial charge in [0.05, 0.1) is 14.8 Å². The molecule has 1 aromatic rings. The van der Waals surface area contributed by atoms with Crippen molar-refractivity contribution >= 4 is 28.4 Å². The van der Waals surface area contributed by atoms with E-state index in [1.165, 1.54) is 6.07 Å². The highest BCUT2D eigenvalue weighted by atomic mass is 35.5. The van der Waals surface area contributed by atoms with Crippen LogP contribution >= 0.6 is 11.6 Å². The summed E-state index contributed by atoms with van der Waals surface area (Å²) in [6.07, 6.45) is 0. The second kappa shape index (κ2) is 3.82. The number of hydrogen-bond acceptors (Lipinski definition) is 4. The van der Waals surface area contributed by atoms with Gasteiger partial charge in [0.2, 0.25) is 0 Å². The highest BCUT2D eigenvalue weighted by molar-refractivity contribution is 7.79. The van der Waals surface area contributed by atoms with Crippen LogP contribution in [0.2, 0.25) is 5.02 Å². The van der Waals surface area contributed by atoms with Crippen LogP contribution in [0.1, 0.15) is 0 Å². The first-order chi connectivity index (χ1) is 6.02. The summed E-state index contributed by atoms with van der Waals surface area (Å²) in [5.74, 6) is 0. The van der Waals surface area contributed by atoms with Crippen LogP contribution in [-0.4, -0.2) is 13.7 Å². The Balaban J connectivity index is 3.27. The average molecular weight is 221 g/mol. The number of nitro groups is 1. The van der Waals surface area contributed by atoms with Crippen molar-refractivity contribution in [2.45, 2.75) is 4.90 Å². The minimum atomic E-state index is -2.55. The Morgan fingerprint density at radius 2 is 2.08 bits per heavy atom. The van der Waals surface area contributed by atoms with E-state index in [0.717, 1.165) is 12.1 Å². The lowest BCUT2D eigenvalue weighted by Gasteiger charge is -2.05. The van der Waals surface area contributed by atoms with Crippen LogP contribution in [0, 0.1) is 10.1 Å². The van der Waals surface area contributed by atoms with Gasteiger partial charge in [0, 0.05) is 12.1 Å². The summed E-state index contributed by atoms with van der Waals surface area (Å²) in [6.45, 7) is 0. The van der Waals surface area contributed by atoms with E-state index in [1.54, 1.807) is 0 Å². The molecular weight excluding hydrogens is 218 g/mol. The van der Waals surface area contributed by atoms with Crippen molar-refractivity contribution in [1.29, 1.82) is 0 Å². The molecule has 70 valence electrons. The zero-order chi connectivity index (χ0) is 10.0. The average Bonchev–Trinajstić information content (AvgIpc) is 2.04. The van der Waals surface area contributed by atoms with Crippen molar-refractivity contribution in [3.8, 4) is 0 Å². The zero-order valence-electron chi connectivity index (χ0n) is 6.10. The SMILES string of the molecule is O=[N+]([O-])c1ccc(Cl)c(S(=O)[O-])c1. The largest absolute Gasteiger partial charge is 0.768 e. The summed E-state index contributed by atoms with van der Waals surface area (Å²) >= 11 is 2.93. The van der Waals surface area contributed by atoms with Gasteiger partial charge in [-0.25, -0.2) is 0 Å². The highest BCUT2D eigenvalue weighted by Crippen LogP contribution is 2.23. The maximum Gasteiger partial charge on any atom is 0.270 e. The maximum atomic E-state index is 10.5. The van der Waals surface area contributed by atoms with Crippen LogP contribution in [-0.2, 0) is 11.1 Å². The van der Waals surface area contributed by atoms with Gasteiger partial charge in [-0.05, 0) is 17.1 Å². The van der Waals surface area contributed by atoms with E-state index in [2.05, 4.69) is 0 Å². The molecule has 0 spiro atoms. The van der Waals surface area contributed by atoms with E-state index in [0.29, 0.717) is 0 Å². The second-order valence-corrected chi connectivity index (χ2v) is 3.42. The Hall–Kier alpha value is -0.980. The number of halogens is 1. The molecule has 0 aliphatic rings. The van der Waals surface area contributed by atoms with Gasteiger partial charge in [0.15, 0.2) is 0 Å². The number of nitrogens with zero attached hydrogens (tertiary/aromatic N) is 1. The third-order valence-electron chi connectivity index (χ3n) is 1.31. The van der Waals surface area contributed by atoms with Gasteiger partial charge < -0.3 is 4.55 Å². The number of benzene rings is 1. The Morgan fingerprint density at radius 3 is 2.54 bits per heavy atom. The molecule has 0 bridgehead atoms. The van der Waals surface area contributed by atoms with Gasteiger partial charge in [-0.15, -0.1) is 0 Å². The van der Waals surface area contributed by atoms with Crippen LogP contribution in [0.5, 0.6) is 0 Å². The normalized spacial score (nSPS) is 12.5. The van der Waals surface area contributed by atoms with Crippen molar-refractivity contribution in [1.82, 2.24) is 0 Å². The molecule has 0 aliphatic carbocycles. The van der Waals surface area contributed by atoms with Crippen LogP contribution in [0.25, 0.3) is 0 Å². The molecule has 13 heavy (non-hydrogen) atoms. The van der Waals surface area contributed by atoms with Crippen molar-refractivity contribution < 1.29 is 13.7 Å². The minimum Gasteiger partial charge on any atom is -0.768 e. The monoisotopic (exact) mass is 220 g/mol. The molecule has 5 nitrogen and oxygen atoms in total. The van der Waals surface area contributed by atoms with Gasteiger partial charge in [-0.1, -0.05) is 11.6 Å². The van der Waals surface area contributed by atoms with Crippen molar-refractivity contribution in [3.05, 3.63) is 33.3 Å². The zero-order valence-corrected chi connectivity index (χ0v) is 7.67. The van der Waals surface area contributed by atoms with E-state index in [-0.39, 0.29) is 15.6 Å². The third kappa shape index (κ3) is 2.24. The molecule has 0 saturated carbocycles. The summed E-state index contributed by atoms with van der Waals surface area (Å²) in [5, 5.41) is 10.2. The molecular formula is C6H3ClNO4S-. The predicted molar refractivity (Wildman–Crippen MR) is 45.3 cm³/mol. The summed E-state index contributed by atoms with van der Waals surface area (Å²) in [5.41, 5.74) is -0.302. The fourth-order valence-corrected chi connectivity index (χ4v) is 1.48. The summed E-state index contributed by atoms with van der Waals surface area (Å²) in [6, 6.07) is 3.22. The van der Waals surface area contributed by atoms with Gasteiger partial charge in [-0.2, -0.15) is 0 Å². The summed E-state index contributed by atoms with van der Waals surface area (Å²) < 4.78 is 21.0. The fraction of sp³-hybridized carbons (Fsp3) is 0. The van der Waals surface area contributed by atoms with Crippen LogP contribution in [0.3, 0.4) is 0 Å². The molecule has 0 heterocycles. The lowest BCUT2D eigenvalue weighted by Crippen LogP contribution is -1.93. The summed E-state index contributed by atoms with van der Waals surface area (Å²) in [4.78, 5) is 9.29. The van der Waals surface area contributed by atoms with E-state index >= 15 is 0 Å². The molecule has 1 aromatic carbocycles. The second-order valence-electron chi connectivity index (χ2n) is 2.11. The molecule has 1 rings (SSSR count). The Morgan fingerprint density at radius 1 is 1.46 bits per heavy atom. The van der Waals surface area contributed by atoms with Crippen molar-refractivity contribution in [2.24, 2.45) is 0 Å². The van der Waals surface area contributed by atoms with Gasteiger partial charge in [0.1, 0.15) is 0 Å². The smallest absolute Gasteiger partial charge is 0.270 e. The van der Waals surface area contributed by atoms with Crippen molar-refractivity contribution in [3.63, 3.8) is 0 Å². The predicted octanol–water partition coefficient (Wildman–Crippen LogP) is 1.49. The Bertz CT molecular complexity index is 381. The number of non-ortho nitro benzene ring substituents is 1. The number of rotatable bonds is 2. The first kappa shape index (κ1) is 10.1. The Kier molecular flexibility index (Phi) is 2.97. The molecule has 1 atom stereocenters. The van der Waals surface area contributed by atoms with Crippen LogP contribution < -0.4 is 0 Å². The molecule has 0 saturated heterocycles. The van der Waals surface area contributed by atoms with Gasteiger partial charge in [0.25, 0.3) is 5.69 Å². The molecule has 0 aliphatic heterocycles. The molecule has 0 fully saturated rings. The molecule has 0 amide bonds. The minimum absolute atomic E-state index is 0.0288. The summed E-state index contributed by atoms with van der Waals surface area (Å²) in [7, 11) is 0. The first-order valence-electron chi connectivity index (χ1n) is 3.05. The quantitative estimate of drug-likeness (QED) is 0.429. The standard InChI is InChI=1S/C6H4ClNO4S/c7-5-2-1-4(8(9)10)3-6(5)13(11)12/h1-3H,(H,11,12)/p-1. The third-order valence-corrected chi connectivity index (χ3v) is 2.44. The van der Waals surface area contributed by atoms with Gasteiger partial charge in [-0.3, -0.25) is 14.3 Å². The Labute approximate surface area is 80.8 Å². The van der Waals surface area contributed by atoms with Crippen LogP contribution in [0.4, 0.5) is 5.69 Å². The lowest BCUT2D eigenvalue weighted by atomic mass is 10.3. The maximum absolute atomic E-state index is 10.5. The topological polar surface area (TPSA) is 83.3 Å². The van der Waals surface area contributed by atoms with Crippen molar-refractivity contribution in [2.75, 3.05) is 0 Å². The molecule has 0 N–H and O–H groups in total. The van der Waals surface area contributed by atoms with E-state index in [9.17, 15) is 18.9 Å². The molecule has 1 unspecified atom stereocenters. The van der Waals surface area contributed by atoms with E-state index in [1.807, 2.05) is 0 Å². The lowest BCUT2D eigenvalue weighted by molar-refractivity contribution is -0.385. The molecule has 0 radical (unpaired) electrons. The molecule has 7 heteroatoms. The highest BCUT2D eigenvalue weighted by Gasteiger charge is 2.09. The van der Waals surface area contributed by atoms with E-state index in [4.69, 9.17) is 11.6 Å². The fourth-order valence-electron chi connectivity index (χ4n) is 0.733. The van der Waals surface area contributed by atoms with Crippen LogP contribution in [0.15, 0.2) is 23.1 Å². The molecule has 0 aromatic heterocycles. The number of nitro benzene ring substituents is 1. The number of hydrogen-bond donors (Lipinski definition) is 0. The van der Waals surface area contributed by atoms with E-state index < -0.39 is 16.0 Å². The first-order valence-corrected chi connectivity index (χ1v) is 4.51. The van der Waals surface area contributed by atoms with Gasteiger partial charge >= 0.3 is 0 Å².